The van der Waals surface area contributed by atoms with Gasteiger partial charge in [0.2, 0.25) is 5.91 Å². The van der Waals surface area contributed by atoms with Gasteiger partial charge >= 0.3 is 0 Å². The maximum absolute atomic E-state index is 12.1. The van der Waals surface area contributed by atoms with Gasteiger partial charge in [-0.2, -0.15) is 0 Å². The molecular formula is C20H31N5O2. The van der Waals surface area contributed by atoms with Crippen LogP contribution >= 0.6 is 0 Å². The summed E-state index contributed by atoms with van der Waals surface area (Å²) in [4.78, 5) is 30.1. The Balaban J connectivity index is 1.67. The Hall–Kier alpha value is -2.57. The van der Waals surface area contributed by atoms with E-state index in [1.165, 1.54) is 0 Å². The molecule has 2 amide bonds. The van der Waals surface area contributed by atoms with Crippen LogP contribution in [0.15, 0.2) is 29.3 Å². The molecule has 1 aliphatic heterocycles. The van der Waals surface area contributed by atoms with Gasteiger partial charge in [0.25, 0.3) is 5.91 Å². The summed E-state index contributed by atoms with van der Waals surface area (Å²) in [5, 5.41) is 9.32. The molecule has 27 heavy (non-hydrogen) atoms. The van der Waals surface area contributed by atoms with Gasteiger partial charge < -0.3 is 20.9 Å². The summed E-state index contributed by atoms with van der Waals surface area (Å²) in [6, 6.07) is 7.54. The van der Waals surface area contributed by atoms with Crippen molar-refractivity contribution in [2.24, 2.45) is 4.99 Å². The maximum atomic E-state index is 12.1. The molecule has 0 aromatic heterocycles. The minimum Gasteiger partial charge on any atom is -0.357 e. The molecule has 148 valence electrons. The monoisotopic (exact) mass is 373 g/mol. The summed E-state index contributed by atoms with van der Waals surface area (Å²) in [5.74, 6) is 0.918. The minimum atomic E-state index is -0.0716. The number of carbonyl (C=O) groups excluding carboxylic acids is 2. The molecule has 0 aliphatic carbocycles. The number of likely N-dealkylation sites (tertiary alicyclic amines) is 1. The first kappa shape index (κ1) is 20.7. The molecule has 1 fully saturated rings. The fourth-order valence-electron chi connectivity index (χ4n) is 2.98. The van der Waals surface area contributed by atoms with E-state index in [1.54, 1.807) is 0 Å². The molecular weight excluding hydrogens is 342 g/mol. The molecule has 7 nitrogen and oxygen atoms in total. The number of hydrogen-bond acceptors (Lipinski definition) is 3. The van der Waals surface area contributed by atoms with Crippen molar-refractivity contribution < 1.29 is 9.59 Å². The van der Waals surface area contributed by atoms with Gasteiger partial charge in [-0.25, -0.2) is 0 Å². The lowest BCUT2D eigenvalue weighted by molar-refractivity contribution is -0.127. The van der Waals surface area contributed by atoms with Gasteiger partial charge in [-0.3, -0.25) is 14.6 Å². The Morgan fingerprint density at radius 3 is 2.74 bits per heavy atom. The largest absolute Gasteiger partial charge is 0.357 e. The molecule has 1 aromatic carbocycles. The standard InChI is InChI=1S/C20H31N5O2/c1-3-21-20(23-10-6-14-25-13-5-9-18(25)26)24-12-11-22-19(27)17-8-4-7-16(2)15-17/h4,7-8,15H,3,5-6,9-14H2,1-2H3,(H,22,27)(H2,21,23,24). The number of hydrogen-bond donors (Lipinski definition) is 3. The molecule has 7 heteroatoms. The topological polar surface area (TPSA) is 85.8 Å². The second-order valence-corrected chi connectivity index (χ2v) is 6.65. The average molecular weight is 374 g/mol. The van der Waals surface area contributed by atoms with Crippen LogP contribution in [-0.4, -0.2) is 61.9 Å². The average Bonchev–Trinajstić information content (AvgIpc) is 3.06. The predicted molar refractivity (Wildman–Crippen MR) is 108 cm³/mol. The van der Waals surface area contributed by atoms with Crippen molar-refractivity contribution in [2.45, 2.75) is 33.1 Å². The normalized spacial score (nSPS) is 14.4. The molecule has 1 saturated heterocycles. The van der Waals surface area contributed by atoms with Gasteiger partial charge in [-0.15, -0.1) is 0 Å². The Kier molecular flexibility index (Phi) is 8.61. The van der Waals surface area contributed by atoms with Crippen LogP contribution in [0.3, 0.4) is 0 Å². The summed E-state index contributed by atoms with van der Waals surface area (Å²) in [5.41, 5.74) is 1.74. The van der Waals surface area contributed by atoms with Crippen molar-refractivity contribution in [3.8, 4) is 0 Å². The molecule has 0 unspecified atom stereocenters. The fraction of sp³-hybridized carbons (Fsp3) is 0.550. The van der Waals surface area contributed by atoms with Gasteiger partial charge in [0, 0.05) is 51.3 Å². The third kappa shape index (κ3) is 7.29. The third-order valence-corrected chi connectivity index (χ3v) is 4.35. The van der Waals surface area contributed by atoms with Crippen LogP contribution in [-0.2, 0) is 4.79 Å². The Morgan fingerprint density at radius 1 is 1.22 bits per heavy atom. The van der Waals surface area contributed by atoms with Crippen molar-refractivity contribution in [2.75, 3.05) is 39.3 Å². The summed E-state index contributed by atoms with van der Waals surface area (Å²) < 4.78 is 0. The van der Waals surface area contributed by atoms with Gasteiger partial charge in [-0.05, 0) is 38.8 Å². The second-order valence-electron chi connectivity index (χ2n) is 6.65. The summed E-state index contributed by atoms with van der Waals surface area (Å²) >= 11 is 0. The predicted octanol–water partition coefficient (Wildman–Crippen LogP) is 1.29. The van der Waals surface area contributed by atoms with E-state index < -0.39 is 0 Å². The number of amides is 2. The van der Waals surface area contributed by atoms with E-state index in [9.17, 15) is 9.59 Å². The summed E-state index contributed by atoms with van der Waals surface area (Å²) in [6.45, 7) is 8.17. The molecule has 0 bridgehead atoms. The lowest BCUT2D eigenvalue weighted by Gasteiger charge is -2.15. The number of guanidine groups is 1. The molecule has 0 radical (unpaired) electrons. The fourth-order valence-corrected chi connectivity index (χ4v) is 2.98. The lowest BCUT2D eigenvalue weighted by atomic mass is 10.1. The van der Waals surface area contributed by atoms with Crippen LogP contribution in [0.5, 0.6) is 0 Å². The zero-order valence-electron chi connectivity index (χ0n) is 16.4. The Bertz CT molecular complexity index is 660. The van der Waals surface area contributed by atoms with Crippen LogP contribution in [0.2, 0.25) is 0 Å². The maximum Gasteiger partial charge on any atom is 0.251 e. The van der Waals surface area contributed by atoms with Gasteiger partial charge in [0.15, 0.2) is 5.96 Å². The van der Waals surface area contributed by atoms with Crippen molar-refractivity contribution in [3.63, 3.8) is 0 Å². The van der Waals surface area contributed by atoms with E-state index in [1.807, 2.05) is 43.0 Å². The van der Waals surface area contributed by atoms with Gasteiger partial charge in [0.1, 0.15) is 0 Å². The molecule has 3 N–H and O–H groups in total. The lowest BCUT2D eigenvalue weighted by Crippen LogP contribution is -2.41. The number of carbonyl (C=O) groups is 2. The molecule has 0 saturated carbocycles. The van der Waals surface area contributed by atoms with Crippen molar-refractivity contribution in [1.29, 1.82) is 0 Å². The van der Waals surface area contributed by atoms with E-state index in [2.05, 4.69) is 20.9 Å². The number of rotatable bonds is 9. The van der Waals surface area contributed by atoms with Gasteiger partial charge in [-0.1, -0.05) is 17.7 Å². The first-order chi connectivity index (χ1) is 13.1. The van der Waals surface area contributed by atoms with Crippen LogP contribution < -0.4 is 16.0 Å². The number of aryl methyl sites for hydroxylation is 1. The van der Waals surface area contributed by atoms with E-state index in [4.69, 9.17) is 0 Å². The van der Waals surface area contributed by atoms with Crippen LogP contribution in [0, 0.1) is 6.92 Å². The van der Waals surface area contributed by atoms with E-state index in [0.717, 1.165) is 44.0 Å². The zero-order chi connectivity index (χ0) is 19.5. The van der Waals surface area contributed by atoms with Crippen molar-refractivity contribution >= 4 is 17.8 Å². The molecule has 1 aliphatic rings. The molecule has 2 rings (SSSR count). The van der Waals surface area contributed by atoms with Crippen LogP contribution in [0.4, 0.5) is 0 Å². The smallest absolute Gasteiger partial charge is 0.251 e. The highest BCUT2D eigenvalue weighted by Crippen LogP contribution is 2.09. The number of nitrogens with zero attached hydrogens (tertiary/aromatic N) is 2. The summed E-state index contributed by atoms with van der Waals surface area (Å²) in [6.07, 6.45) is 2.51. The minimum absolute atomic E-state index is 0.0716. The Morgan fingerprint density at radius 2 is 2.04 bits per heavy atom. The number of aliphatic imine (C=N–C) groups is 1. The van der Waals surface area contributed by atoms with Crippen LogP contribution in [0.25, 0.3) is 0 Å². The quantitative estimate of drug-likeness (QED) is 0.346. The Labute approximate surface area is 161 Å². The van der Waals surface area contributed by atoms with E-state index >= 15 is 0 Å². The highest BCUT2D eigenvalue weighted by atomic mass is 16.2. The van der Waals surface area contributed by atoms with E-state index in [-0.39, 0.29) is 11.8 Å². The van der Waals surface area contributed by atoms with Crippen LogP contribution in [0.1, 0.15) is 42.1 Å². The highest BCUT2D eigenvalue weighted by molar-refractivity contribution is 5.94. The molecule has 0 spiro atoms. The van der Waals surface area contributed by atoms with E-state index in [0.29, 0.717) is 31.6 Å². The number of benzene rings is 1. The SMILES string of the molecule is CCNC(=NCCCN1CCCC1=O)NCCNC(=O)c1cccc(C)c1. The van der Waals surface area contributed by atoms with Crippen molar-refractivity contribution in [3.05, 3.63) is 35.4 Å². The third-order valence-electron chi connectivity index (χ3n) is 4.35. The first-order valence-electron chi connectivity index (χ1n) is 9.75. The molecule has 0 atom stereocenters. The van der Waals surface area contributed by atoms with Crippen molar-refractivity contribution in [1.82, 2.24) is 20.9 Å². The molecule has 1 heterocycles. The second kappa shape index (κ2) is 11.2. The molecule has 1 aromatic rings. The van der Waals surface area contributed by atoms with Gasteiger partial charge in [0.05, 0.1) is 0 Å². The highest BCUT2D eigenvalue weighted by Gasteiger charge is 2.18. The summed E-state index contributed by atoms with van der Waals surface area (Å²) in [7, 11) is 0. The first-order valence-corrected chi connectivity index (χ1v) is 9.75. The number of nitrogens with one attached hydrogen (secondary N) is 3. The zero-order valence-corrected chi connectivity index (χ0v) is 16.4.